The molecule has 34 heavy (non-hydrogen) atoms. The van der Waals surface area contributed by atoms with Crippen molar-refractivity contribution in [1.29, 1.82) is 0 Å². The number of hydrogen-bond donors (Lipinski definition) is 2. The van der Waals surface area contributed by atoms with Gasteiger partial charge in [0.15, 0.2) is 5.76 Å². The summed E-state index contributed by atoms with van der Waals surface area (Å²) >= 11 is 0. The number of furan rings is 2. The van der Waals surface area contributed by atoms with Crippen molar-refractivity contribution >= 4 is 17.7 Å². The summed E-state index contributed by atoms with van der Waals surface area (Å²) in [5, 5.41) is 5.71. The molecule has 0 saturated carbocycles. The van der Waals surface area contributed by atoms with Gasteiger partial charge in [0.1, 0.15) is 11.3 Å². The number of hydrogen-bond acceptors (Lipinski definition) is 6. The summed E-state index contributed by atoms with van der Waals surface area (Å²) in [5.41, 5.74) is -2.01. The molecule has 2 aromatic rings. The minimum Gasteiger partial charge on any atom is -0.459 e. The fraction of sp³-hybridized carbons (Fsp3) is 0.500. The Labute approximate surface area is 193 Å². The predicted octanol–water partition coefficient (Wildman–Crippen LogP) is 2.04. The molecular formula is C22H25F3N4O5. The van der Waals surface area contributed by atoms with Crippen molar-refractivity contribution in [2.75, 3.05) is 39.3 Å². The lowest BCUT2D eigenvalue weighted by atomic mass is 9.86. The van der Waals surface area contributed by atoms with Crippen LogP contribution in [0.5, 0.6) is 0 Å². The molecule has 0 atom stereocenters. The van der Waals surface area contributed by atoms with Crippen molar-refractivity contribution in [3.63, 3.8) is 0 Å². The molecule has 0 aromatic carbocycles. The smallest absolute Gasteiger partial charge is 0.450 e. The van der Waals surface area contributed by atoms with Gasteiger partial charge in [-0.3, -0.25) is 14.4 Å². The fourth-order valence-electron chi connectivity index (χ4n) is 4.40. The van der Waals surface area contributed by atoms with Crippen LogP contribution in [0, 0.1) is 6.92 Å². The number of aryl methyl sites for hydroxylation is 1. The second kappa shape index (κ2) is 9.16. The van der Waals surface area contributed by atoms with Crippen LogP contribution < -0.4 is 10.6 Å². The molecule has 2 N–H and O–H groups in total. The number of amides is 3. The van der Waals surface area contributed by atoms with Gasteiger partial charge >= 0.3 is 6.18 Å². The average Bonchev–Trinajstić information content (AvgIpc) is 3.49. The van der Waals surface area contributed by atoms with Gasteiger partial charge in [-0.1, -0.05) is 0 Å². The highest BCUT2D eigenvalue weighted by Crippen LogP contribution is 2.34. The maximum Gasteiger partial charge on any atom is 0.450 e. The molecule has 2 saturated heterocycles. The van der Waals surface area contributed by atoms with E-state index >= 15 is 0 Å². The minimum atomic E-state index is -4.84. The Morgan fingerprint density at radius 2 is 1.74 bits per heavy atom. The summed E-state index contributed by atoms with van der Waals surface area (Å²) in [4.78, 5) is 42.1. The van der Waals surface area contributed by atoms with Crippen LogP contribution >= 0.6 is 0 Å². The van der Waals surface area contributed by atoms with E-state index in [0.29, 0.717) is 13.1 Å². The molecule has 0 radical (unpaired) electrons. The highest BCUT2D eigenvalue weighted by atomic mass is 19.4. The molecule has 0 spiro atoms. The number of alkyl halides is 3. The van der Waals surface area contributed by atoms with Crippen LogP contribution in [0.25, 0.3) is 0 Å². The van der Waals surface area contributed by atoms with E-state index in [1.165, 1.54) is 13.2 Å². The third kappa shape index (κ3) is 4.67. The lowest BCUT2D eigenvalue weighted by Crippen LogP contribution is -2.65. The summed E-state index contributed by atoms with van der Waals surface area (Å²) < 4.78 is 49.9. The van der Waals surface area contributed by atoms with Gasteiger partial charge in [-0.25, -0.2) is 0 Å². The molecule has 2 aromatic heterocycles. The number of carbonyl (C=O) groups excluding carboxylic acids is 3. The first-order valence-corrected chi connectivity index (χ1v) is 10.9. The molecular weight excluding hydrogens is 457 g/mol. The van der Waals surface area contributed by atoms with E-state index < -0.39 is 28.9 Å². The maximum absolute atomic E-state index is 13.5. The Balaban J connectivity index is 1.49. The molecule has 9 nitrogen and oxygen atoms in total. The number of piperidine rings is 1. The first-order chi connectivity index (χ1) is 16.1. The molecule has 2 fully saturated rings. The van der Waals surface area contributed by atoms with Crippen LogP contribution in [0.15, 0.2) is 33.3 Å². The molecule has 4 rings (SSSR count). The number of carbonyl (C=O) groups is 3. The van der Waals surface area contributed by atoms with Gasteiger partial charge < -0.3 is 29.3 Å². The van der Waals surface area contributed by atoms with E-state index in [2.05, 4.69) is 10.6 Å². The summed E-state index contributed by atoms with van der Waals surface area (Å²) in [5.74, 6) is -2.90. The number of rotatable bonds is 4. The number of nitrogens with one attached hydrogen (secondary N) is 2. The van der Waals surface area contributed by atoms with E-state index in [4.69, 9.17) is 8.83 Å². The van der Waals surface area contributed by atoms with Crippen molar-refractivity contribution in [1.82, 2.24) is 20.4 Å². The van der Waals surface area contributed by atoms with Crippen LogP contribution in [0.2, 0.25) is 0 Å². The van der Waals surface area contributed by atoms with Crippen molar-refractivity contribution < 1.29 is 36.4 Å². The highest BCUT2D eigenvalue weighted by molar-refractivity contribution is 6.00. The summed E-state index contributed by atoms with van der Waals surface area (Å²) in [6, 6.07) is 4.20. The lowest BCUT2D eigenvalue weighted by molar-refractivity contribution is -0.153. The Morgan fingerprint density at radius 3 is 2.32 bits per heavy atom. The largest absolute Gasteiger partial charge is 0.459 e. The average molecular weight is 482 g/mol. The van der Waals surface area contributed by atoms with E-state index in [1.807, 2.05) is 0 Å². The first-order valence-electron chi connectivity index (χ1n) is 10.9. The number of halogens is 3. The van der Waals surface area contributed by atoms with E-state index in [0.717, 1.165) is 6.07 Å². The second-order valence-electron chi connectivity index (χ2n) is 8.45. The van der Waals surface area contributed by atoms with Gasteiger partial charge in [-0.05, 0) is 51.1 Å². The number of nitrogens with zero attached hydrogens (tertiary/aromatic N) is 2. The SMILES string of the molecule is Cc1cc(C(=O)NC2(C(=O)N3CCN(C(=O)c4ccco4)CC3)CCNCC2)c(C(F)(F)F)o1. The molecule has 0 unspecified atom stereocenters. The molecule has 12 heteroatoms. The van der Waals surface area contributed by atoms with Crippen molar-refractivity contribution in [3.05, 3.63) is 47.3 Å². The lowest BCUT2D eigenvalue weighted by Gasteiger charge is -2.43. The zero-order valence-corrected chi connectivity index (χ0v) is 18.5. The van der Waals surface area contributed by atoms with Crippen LogP contribution in [0.1, 0.15) is 45.3 Å². The Bertz CT molecular complexity index is 1050. The number of piperazine rings is 1. The topological polar surface area (TPSA) is 108 Å². The van der Waals surface area contributed by atoms with Gasteiger partial charge in [0, 0.05) is 26.2 Å². The van der Waals surface area contributed by atoms with Gasteiger partial charge in [-0.15, -0.1) is 0 Å². The second-order valence-corrected chi connectivity index (χ2v) is 8.45. The Hall–Kier alpha value is -3.28. The molecule has 0 bridgehead atoms. The van der Waals surface area contributed by atoms with E-state index in [1.54, 1.807) is 21.9 Å². The van der Waals surface area contributed by atoms with E-state index in [9.17, 15) is 27.6 Å². The first kappa shape index (κ1) is 23.9. The van der Waals surface area contributed by atoms with Gasteiger partial charge in [-0.2, -0.15) is 13.2 Å². The fourth-order valence-corrected chi connectivity index (χ4v) is 4.40. The van der Waals surface area contributed by atoms with Crippen molar-refractivity contribution in [3.8, 4) is 0 Å². The normalized spacial score (nSPS) is 18.6. The predicted molar refractivity (Wildman–Crippen MR) is 112 cm³/mol. The summed E-state index contributed by atoms with van der Waals surface area (Å²) in [6.07, 6.45) is -2.99. The van der Waals surface area contributed by atoms with E-state index in [-0.39, 0.29) is 62.4 Å². The van der Waals surface area contributed by atoms with Gasteiger partial charge in [0.05, 0.1) is 11.8 Å². The van der Waals surface area contributed by atoms with Crippen LogP contribution in [0.4, 0.5) is 13.2 Å². The third-order valence-electron chi connectivity index (χ3n) is 6.16. The summed E-state index contributed by atoms with van der Waals surface area (Å²) in [6.45, 7) is 3.16. The quantitative estimate of drug-likeness (QED) is 0.691. The highest BCUT2D eigenvalue weighted by Gasteiger charge is 2.46. The maximum atomic E-state index is 13.5. The zero-order valence-electron chi connectivity index (χ0n) is 18.5. The standard InChI is InChI=1S/C22H25F3N4O5/c1-14-13-15(17(34-14)22(23,24)25)18(30)27-21(4-6-26-7-5-21)20(32)29-10-8-28(9-11-29)19(31)16-3-2-12-33-16/h2-3,12-13,26H,4-11H2,1H3,(H,27,30). The molecule has 3 amide bonds. The zero-order chi connectivity index (χ0) is 24.5. The van der Waals surface area contributed by atoms with Crippen LogP contribution in [-0.2, 0) is 11.0 Å². The third-order valence-corrected chi connectivity index (χ3v) is 6.16. The molecule has 4 heterocycles. The monoisotopic (exact) mass is 482 g/mol. The molecule has 2 aliphatic heterocycles. The molecule has 0 aliphatic carbocycles. The van der Waals surface area contributed by atoms with Crippen molar-refractivity contribution in [2.45, 2.75) is 31.5 Å². The minimum absolute atomic E-state index is 0.0551. The van der Waals surface area contributed by atoms with Gasteiger partial charge in [0.2, 0.25) is 11.7 Å². The van der Waals surface area contributed by atoms with Crippen LogP contribution in [0.3, 0.4) is 0 Å². The van der Waals surface area contributed by atoms with Gasteiger partial charge in [0.25, 0.3) is 11.8 Å². The van der Waals surface area contributed by atoms with Crippen molar-refractivity contribution in [2.24, 2.45) is 0 Å². The summed E-state index contributed by atoms with van der Waals surface area (Å²) in [7, 11) is 0. The Morgan fingerprint density at radius 1 is 1.09 bits per heavy atom. The molecule has 184 valence electrons. The van der Waals surface area contributed by atoms with Crippen LogP contribution in [-0.4, -0.2) is 72.3 Å². The molecule has 2 aliphatic rings. The Kier molecular flexibility index (Phi) is 6.43.